The summed E-state index contributed by atoms with van der Waals surface area (Å²) in [5.41, 5.74) is 9.33. The van der Waals surface area contributed by atoms with E-state index in [4.69, 9.17) is 5.73 Å². The zero-order chi connectivity index (χ0) is 9.97. The second-order valence-corrected chi connectivity index (χ2v) is 4.69. The average molecular weight is 225 g/mol. The van der Waals surface area contributed by atoms with Gasteiger partial charge in [0, 0.05) is 23.2 Å². The zero-order valence-electron chi connectivity index (χ0n) is 7.80. The van der Waals surface area contributed by atoms with Crippen molar-refractivity contribution in [3.05, 3.63) is 21.3 Å². The Morgan fingerprint density at radius 3 is 2.93 bits per heavy atom. The quantitative estimate of drug-likeness (QED) is 0.872. The maximum Gasteiger partial charge on any atom is 0.101 e. The molecule has 0 saturated carbocycles. The van der Waals surface area contributed by atoms with Crippen molar-refractivity contribution in [1.82, 2.24) is 9.97 Å². The van der Waals surface area contributed by atoms with Gasteiger partial charge < -0.3 is 5.73 Å². The smallest absolute Gasteiger partial charge is 0.101 e. The second-order valence-electron chi connectivity index (χ2n) is 3.08. The highest BCUT2D eigenvalue weighted by Gasteiger charge is 2.10. The van der Waals surface area contributed by atoms with E-state index in [1.165, 1.54) is 0 Å². The molecule has 1 unspecified atom stereocenters. The van der Waals surface area contributed by atoms with E-state index in [2.05, 4.69) is 16.9 Å². The number of nitrogens with zero attached hydrogens (tertiary/aromatic N) is 2. The van der Waals surface area contributed by atoms with Crippen LogP contribution in [0.25, 0.3) is 11.4 Å². The van der Waals surface area contributed by atoms with E-state index >= 15 is 0 Å². The summed E-state index contributed by atoms with van der Waals surface area (Å²) >= 11 is 3.24. The van der Waals surface area contributed by atoms with Crippen LogP contribution in [0.5, 0.6) is 0 Å². The molecular weight excluding hydrogens is 214 g/mol. The Balaban J connectivity index is 2.26. The lowest BCUT2D eigenvalue weighted by Gasteiger charge is -2.01. The van der Waals surface area contributed by atoms with Gasteiger partial charge in [-0.15, -0.1) is 22.7 Å². The van der Waals surface area contributed by atoms with Crippen LogP contribution in [0.4, 0.5) is 0 Å². The lowest BCUT2D eigenvalue weighted by atomic mass is 10.2. The minimum Gasteiger partial charge on any atom is -0.330 e. The first-order chi connectivity index (χ1) is 6.81. The van der Waals surface area contributed by atoms with Crippen LogP contribution in [-0.4, -0.2) is 16.5 Å². The highest BCUT2D eigenvalue weighted by molar-refractivity contribution is 7.10. The maximum absolute atomic E-state index is 5.59. The Kier molecular flexibility index (Phi) is 2.90. The van der Waals surface area contributed by atoms with Gasteiger partial charge in [0.15, 0.2) is 0 Å². The van der Waals surface area contributed by atoms with E-state index in [9.17, 15) is 0 Å². The van der Waals surface area contributed by atoms with Gasteiger partial charge in [0.05, 0.1) is 10.5 Å². The molecule has 0 bridgehead atoms. The third kappa shape index (κ3) is 1.84. The first kappa shape index (κ1) is 9.76. The molecule has 0 radical (unpaired) electrons. The Labute approximate surface area is 90.6 Å². The molecule has 2 N–H and O–H groups in total. The molecule has 5 heteroatoms. The molecule has 0 saturated heterocycles. The van der Waals surface area contributed by atoms with E-state index in [-0.39, 0.29) is 0 Å². The summed E-state index contributed by atoms with van der Waals surface area (Å²) in [7, 11) is 0. The van der Waals surface area contributed by atoms with Crippen molar-refractivity contribution in [1.29, 1.82) is 0 Å². The number of hydrogen-bond acceptors (Lipinski definition) is 5. The van der Waals surface area contributed by atoms with Gasteiger partial charge in [0.1, 0.15) is 11.4 Å². The minimum absolute atomic E-state index is 0.340. The molecule has 14 heavy (non-hydrogen) atoms. The fourth-order valence-corrected chi connectivity index (χ4v) is 2.50. The normalized spacial score (nSPS) is 13.0. The van der Waals surface area contributed by atoms with E-state index in [0.29, 0.717) is 12.5 Å². The van der Waals surface area contributed by atoms with E-state index in [0.717, 1.165) is 16.4 Å². The van der Waals surface area contributed by atoms with Gasteiger partial charge in [-0.25, -0.2) is 9.97 Å². The molecule has 2 aromatic rings. The lowest BCUT2D eigenvalue weighted by molar-refractivity contribution is 0.766. The highest BCUT2D eigenvalue weighted by atomic mass is 32.1. The van der Waals surface area contributed by atoms with Crippen molar-refractivity contribution in [2.45, 2.75) is 12.8 Å². The van der Waals surface area contributed by atoms with Crippen LogP contribution in [0, 0.1) is 0 Å². The van der Waals surface area contributed by atoms with Crippen molar-refractivity contribution < 1.29 is 0 Å². The van der Waals surface area contributed by atoms with Gasteiger partial charge in [-0.05, 0) is 0 Å². The molecular formula is C9H11N3S2. The van der Waals surface area contributed by atoms with Gasteiger partial charge in [0.2, 0.25) is 0 Å². The van der Waals surface area contributed by atoms with Crippen molar-refractivity contribution in [2.75, 3.05) is 6.54 Å². The van der Waals surface area contributed by atoms with Crippen LogP contribution in [0.3, 0.4) is 0 Å². The Bertz CT molecular complexity index is 394. The first-order valence-corrected chi connectivity index (χ1v) is 6.17. The first-order valence-electron chi connectivity index (χ1n) is 4.35. The SMILES string of the molecule is CC(CN)c1nc(-c2cscn2)cs1. The molecule has 0 aromatic carbocycles. The maximum atomic E-state index is 5.59. The molecule has 0 aliphatic carbocycles. The van der Waals surface area contributed by atoms with Crippen LogP contribution in [0.2, 0.25) is 0 Å². The van der Waals surface area contributed by atoms with Crippen LogP contribution in [0.1, 0.15) is 17.8 Å². The van der Waals surface area contributed by atoms with Crippen molar-refractivity contribution in [3.8, 4) is 11.4 Å². The minimum atomic E-state index is 0.340. The summed E-state index contributed by atoms with van der Waals surface area (Å²) < 4.78 is 0. The number of hydrogen-bond donors (Lipinski definition) is 1. The summed E-state index contributed by atoms with van der Waals surface area (Å²) in [5.74, 6) is 0.340. The molecule has 0 spiro atoms. The number of aromatic nitrogens is 2. The molecule has 1 atom stereocenters. The largest absolute Gasteiger partial charge is 0.330 e. The predicted octanol–water partition coefficient (Wildman–Crippen LogP) is 2.33. The van der Waals surface area contributed by atoms with Gasteiger partial charge in [-0.1, -0.05) is 6.92 Å². The number of thiazole rings is 2. The van der Waals surface area contributed by atoms with Crippen molar-refractivity contribution in [3.63, 3.8) is 0 Å². The summed E-state index contributed by atoms with van der Waals surface area (Å²) in [6, 6.07) is 0. The van der Waals surface area contributed by atoms with Gasteiger partial charge in [0.25, 0.3) is 0 Å². The molecule has 2 rings (SSSR count). The van der Waals surface area contributed by atoms with Gasteiger partial charge in [-0.3, -0.25) is 0 Å². The molecule has 74 valence electrons. The summed E-state index contributed by atoms with van der Waals surface area (Å²) in [6.45, 7) is 2.73. The lowest BCUT2D eigenvalue weighted by Crippen LogP contribution is -2.08. The summed E-state index contributed by atoms with van der Waals surface area (Å²) in [4.78, 5) is 8.72. The monoisotopic (exact) mass is 225 g/mol. The third-order valence-corrected chi connectivity index (χ3v) is 3.65. The Morgan fingerprint density at radius 1 is 1.43 bits per heavy atom. The second kappa shape index (κ2) is 4.16. The topological polar surface area (TPSA) is 51.8 Å². The Morgan fingerprint density at radius 2 is 2.29 bits per heavy atom. The van der Waals surface area contributed by atoms with Crippen molar-refractivity contribution >= 4 is 22.7 Å². The van der Waals surface area contributed by atoms with E-state index in [1.54, 1.807) is 22.7 Å². The molecule has 0 aliphatic heterocycles. The highest BCUT2D eigenvalue weighted by Crippen LogP contribution is 2.25. The van der Waals surface area contributed by atoms with Crippen LogP contribution in [-0.2, 0) is 0 Å². The number of rotatable bonds is 3. The third-order valence-electron chi connectivity index (χ3n) is 1.99. The van der Waals surface area contributed by atoms with Crippen LogP contribution >= 0.6 is 22.7 Å². The van der Waals surface area contributed by atoms with Crippen LogP contribution < -0.4 is 5.73 Å². The van der Waals surface area contributed by atoms with Crippen LogP contribution in [0.15, 0.2) is 16.3 Å². The molecule has 0 fully saturated rings. The molecule has 3 nitrogen and oxygen atoms in total. The molecule has 0 amide bonds. The van der Waals surface area contributed by atoms with E-state index in [1.807, 2.05) is 16.3 Å². The Hall–Kier alpha value is -0.780. The average Bonchev–Trinajstić information content (AvgIpc) is 2.86. The van der Waals surface area contributed by atoms with E-state index < -0.39 is 0 Å². The molecule has 0 aliphatic rings. The van der Waals surface area contributed by atoms with Gasteiger partial charge in [-0.2, -0.15) is 0 Å². The molecule has 2 heterocycles. The standard InChI is InChI=1S/C9H11N3S2/c1-6(2-10)9-12-8(4-14-9)7-3-13-5-11-7/h3-6H,2,10H2,1H3. The van der Waals surface area contributed by atoms with Gasteiger partial charge >= 0.3 is 0 Å². The molecule has 2 aromatic heterocycles. The fraction of sp³-hybridized carbons (Fsp3) is 0.333. The summed E-state index contributed by atoms with van der Waals surface area (Å²) in [6.07, 6.45) is 0. The van der Waals surface area contributed by atoms with Crippen molar-refractivity contribution in [2.24, 2.45) is 5.73 Å². The number of nitrogens with two attached hydrogens (primary N) is 1. The zero-order valence-corrected chi connectivity index (χ0v) is 9.44. The summed E-state index contributed by atoms with van der Waals surface area (Å²) in [5, 5.41) is 5.14. The predicted molar refractivity (Wildman–Crippen MR) is 60.7 cm³/mol. The fourth-order valence-electron chi connectivity index (χ4n) is 1.07.